The minimum absolute atomic E-state index is 0.0954. The number of aromatic nitrogens is 4. The first kappa shape index (κ1) is 39.6. The van der Waals surface area contributed by atoms with Crippen molar-refractivity contribution >= 4 is 29.3 Å². The van der Waals surface area contributed by atoms with Crippen molar-refractivity contribution in [1.29, 1.82) is 0 Å². The summed E-state index contributed by atoms with van der Waals surface area (Å²) in [6.45, 7) is 9.73. The van der Waals surface area contributed by atoms with E-state index in [4.69, 9.17) is 38.9 Å². The van der Waals surface area contributed by atoms with E-state index >= 15 is 0 Å². The highest BCUT2D eigenvalue weighted by atomic mass is 16.5. The SMILES string of the molecule is COc1ccc(CN(Cc2ccc(OC)cc2)c2ncc(-c3nc(N4CCOCC4)nc4c3CCN4c3ccc(C(=O)N4CCC(N5CCOCC5)CC4)cc3)cn2)cc1. The first-order valence-electron chi connectivity index (χ1n) is 21.1. The van der Waals surface area contributed by atoms with Crippen LogP contribution in [-0.4, -0.2) is 128 Å². The van der Waals surface area contributed by atoms with Crippen molar-refractivity contribution in [3.63, 3.8) is 0 Å². The molecule has 0 bridgehead atoms. The van der Waals surface area contributed by atoms with Crippen LogP contribution >= 0.6 is 0 Å². The van der Waals surface area contributed by atoms with Crippen molar-refractivity contribution in [3.05, 3.63) is 107 Å². The molecular weight excluding hydrogens is 759 g/mol. The number of hydrogen-bond donors (Lipinski definition) is 0. The zero-order valence-electron chi connectivity index (χ0n) is 34.5. The van der Waals surface area contributed by atoms with Gasteiger partial charge in [0.05, 0.1) is 46.3 Å². The maximum absolute atomic E-state index is 13.6. The number of fused-ring (bicyclic) bond motifs is 1. The van der Waals surface area contributed by atoms with Gasteiger partial charge in [0.1, 0.15) is 17.3 Å². The molecule has 0 N–H and O–H groups in total. The van der Waals surface area contributed by atoms with Crippen LogP contribution in [0.2, 0.25) is 0 Å². The third-order valence-electron chi connectivity index (χ3n) is 12.1. The van der Waals surface area contributed by atoms with E-state index in [1.165, 1.54) is 0 Å². The summed E-state index contributed by atoms with van der Waals surface area (Å²) in [4.78, 5) is 45.1. The summed E-state index contributed by atoms with van der Waals surface area (Å²) in [5, 5.41) is 0. The summed E-state index contributed by atoms with van der Waals surface area (Å²) in [5.41, 5.74) is 6.66. The fourth-order valence-electron chi connectivity index (χ4n) is 8.69. The number of amides is 1. The van der Waals surface area contributed by atoms with E-state index in [0.29, 0.717) is 62.9 Å². The third kappa shape index (κ3) is 8.72. The summed E-state index contributed by atoms with van der Waals surface area (Å²) in [7, 11) is 3.35. The molecule has 60 heavy (non-hydrogen) atoms. The third-order valence-corrected chi connectivity index (χ3v) is 12.1. The molecule has 0 atom stereocenters. The van der Waals surface area contributed by atoms with E-state index in [1.54, 1.807) is 14.2 Å². The van der Waals surface area contributed by atoms with Crippen molar-refractivity contribution in [1.82, 2.24) is 29.7 Å². The fraction of sp³-hybridized carbons (Fsp3) is 0.413. The number of anilines is 4. The molecule has 6 heterocycles. The first-order valence-corrected chi connectivity index (χ1v) is 21.1. The summed E-state index contributed by atoms with van der Waals surface area (Å²) in [6, 6.07) is 24.7. The van der Waals surface area contributed by atoms with Crippen molar-refractivity contribution < 1.29 is 23.7 Å². The van der Waals surface area contributed by atoms with Gasteiger partial charge >= 0.3 is 0 Å². The lowest BCUT2D eigenvalue weighted by Gasteiger charge is -2.40. The van der Waals surface area contributed by atoms with Crippen LogP contribution in [0.25, 0.3) is 11.3 Å². The van der Waals surface area contributed by atoms with Crippen molar-refractivity contribution in [2.24, 2.45) is 0 Å². The topological polar surface area (TPSA) is 122 Å². The highest BCUT2D eigenvalue weighted by molar-refractivity contribution is 5.95. The molecule has 0 aliphatic carbocycles. The smallest absolute Gasteiger partial charge is 0.253 e. The van der Waals surface area contributed by atoms with Gasteiger partial charge in [0, 0.05) is 99.7 Å². The van der Waals surface area contributed by atoms with Gasteiger partial charge in [0.25, 0.3) is 5.91 Å². The van der Waals surface area contributed by atoms with E-state index in [9.17, 15) is 4.79 Å². The number of rotatable bonds is 12. The van der Waals surface area contributed by atoms with Gasteiger partial charge in [0.15, 0.2) is 0 Å². The van der Waals surface area contributed by atoms with Crippen LogP contribution in [0.5, 0.6) is 11.5 Å². The highest BCUT2D eigenvalue weighted by Crippen LogP contribution is 2.39. The molecule has 0 saturated carbocycles. The zero-order chi connectivity index (χ0) is 40.8. The van der Waals surface area contributed by atoms with Gasteiger partial charge in [-0.25, -0.2) is 15.0 Å². The van der Waals surface area contributed by atoms with Crippen molar-refractivity contribution in [3.8, 4) is 22.8 Å². The van der Waals surface area contributed by atoms with Gasteiger partial charge in [-0.3, -0.25) is 9.69 Å². The second kappa shape index (κ2) is 18.2. The Labute approximate surface area is 351 Å². The summed E-state index contributed by atoms with van der Waals surface area (Å²) in [5.74, 6) is 3.87. The second-order valence-corrected chi connectivity index (χ2v) is 15.7. The number of hydrogen-bond acceptors (Lipinski definition) is 13. The zero-order valence-corrected chi connectivity index (χ0v) is 34.5. The molecule has 4 aliphatic rings. The van der Waals surface area contributed by atoms with E-state index in [0.717, 1.165) is 116 Å². The molecule has 14 heteroatoms. The molecule has 5 aromatic rings. The van der Waals surface area contributed by atoms with Gasteiger partial charge in [0.2, 0.25) is 11.9 Å². The van der Waals surface area contributed by atoms with Crippen LogP contribution in [0.3, 0.4) is 0 Å². The van der Waals surface area contributed by atoms with Gasteiger partial charge in [-0.2, -0.15) is 4.98 Å². The number of carbonyl (C=O) groups is 1. The number of morpholine rings is 2. The van der Waals surface area contributed by atoms with Gasteiger partial charge in [-0.15, -0.1) is 0 Å². The number of methoxy groups -OCH3 is 2. The van der Waals surface area contributed by atoms with Gasteiger partial charge in [-0.05, 0) is 78.9 Å². The molecular formula is C46H53N9O5. The predicted molar refractivity (Wildman–Crippen MR) is 230 cm³/mol. The van der Waals surface area contributed by atoms with Crippen LogP contribution in [0.1, 0.15) is 39.9 Å². The number of ether oxygens (including phenoxy) is 4. The summed E-state index contributed by atoms with van der Waals surface area (Å²) in [6.07, 6.45) is 6.53. The molecule has 0 spiro atoms. The highest BCUT2D eigenvalue weighted by Gasteiger charge is 2.31. The fourth-order valence-corrected chi connectivity index (χ4v) is 8.69. The second-order valence-electron chi connectivity index (χ2n) is 15.7. The lowest BCUT2D eigenvalue weighted by molar-refractivity contribution is 0.00159. The Kier molecular flexibility index (Phi) is 12.0. The van der Waals surface area contributed by atoms with Crippen molar-refractivity contribution in [2.45, 2.75) is 38.4 Å². The Balaban J connectivity index is 0.964. The van der Waals surface area contributed by atoms with E-state index in [1.807, 2.05) is 53.7 Å². The van der Waals surface area contributed by atoms with Gasteiger partial charge < -0.3 is 38.5 Å². The quantitative estimate of drug-likeness (QED) is 0.155. The minimum Gasteiger partial charge on any atom is -0.497 e. The molecule has 3 fully saturated rings. The molecule has 4 aliphatic heterocycles. The summed E-state index contributed by atoms with van der Waals surface area (Å²) < 4.78 is 22.0. The average molecular weight is 812 g/mol. The average Bonchev–Trinajstić information content (AvgIpc) is 3.76. The molecule has 9 rings (SSSR count). The van der Waals surface area contributed by atoms with Crippen LogP contribution in [-0.2, 0) is 29.0 Å². The van der Waals surface area contributed by atoms with Crippen LogP contribution in [0, 0.1) is 0 Å². The van der Waals surface area contributed by atoms with Gasteiger partial charge in [-0.1, -0.05) is 24.3 Å². The van der Waals surface area contributed by atoms with Crippen molar-refractivity contribution in [2.75, 3.05) is 101 Å². The van der Waals surface area contributed by atoms with Crippen LogP contribution < -0.4 is 24.2 Å². The largest absolute Gasteiger partial charge is 0.497 e. The Hall–Kier alpha value is -5.83. The molecule has 0 radical (unpaired) electrons. The number of benzene rings is 3. The molecule has 0 unspecified atom stereocenters. The van der Waals surface area contributed by atoms with E-state index in [-0.39, 0.29) is 5.91 Å². The number of carbonyl (C=O) groups excluding carboxylic acids is 1. The van der Waals surface area contributed by atoms with Crippen LogP contribution in [0.4, 0.5) is 23.4 Å². The Morgan fingerprint density at radius 1 is 0.717 bits per heavy atom. The summed E-state index contributed by atoms with van der Waals surface area (Å²) >= 11 is 0. The molecule has 312 valence electrons. The first-order chi connectivity index (χ1) is 29.5. The maximum atomic E-state index is 13.6. The van der Waals surface area contributed by atoms with Crippen LogP contribution in [0.15, 0.2) is 85.2 Å². The molecule has 3 saturated heterocycles. The predicted octanol–water partition coefficient (Wildman–Crippen LogP) is 5.63. The standard InChI is InChI=1S/C46H53N9O5/c1-57-39-11-3-33(4-12-39)31-54(32-34-5-13-40(58-2)14-6-34)45-47-29-36(30-48-45)42-41-17-20-55(43(41)50-46(49-42)53-23-27-60-28-24-53)38-9-7-35(8-10-38)44(56)52-18-15-37(16-19-52)51-21-25-59-26-22-51/h3-14,29-30,37H,15-28,31-32H2,1-2H3. The molecule has 3 aromatic carbocycles. The normalized spacial score (nSPS) is 17.4. The Bertz CT molecular complexity index is 2150. The maximum Gasteiger partial charge on any atom is 0.253 e. The lowest BCUT2D eigenvalue weighted by Crippen LogP contribution is -2.50. The minimum atomic E-state index is 0.0954. The number of nitrogens with zero attached hydrogens (tertiary/aromatic N) is 9. The lowest BCUT2D eigenvalue weighted by atomic mass is 10.0. The Morgan fingerprint density at radius 2 is 1.30 bits per heavy atom. The number of likely N-dealkylation sites (tertiary alicyclic amines) is 1. The Morgan fingerprint density at radius 3 is 1.88 bits per heavy atom. The van der Waals surface area contributed by atoms with E-state index < -0.39 is 0 Å². The molecule has 14 nitrogen and oxygen atoms in total. The van der Waals surface area contributed by atoms with E-state index in [2.05, 4.69) is 56.0 Å². The number of piperidine rings is 1. The molecule has 2 aromatic heterocycles. The monoisotopic (exact) mass is 811 g/mol. The molecule has 1 amide bonds.